The molecular weight excluding hydrogens is 297 g/mol. The lowest BCUT2D eigenvalue weighted by atomic mass is 9.79. The highest BCUT2D eigenvalue weighted by molar-refractivity contribution is 5.58. The molecule has 0 bridgehead atoms. The van der Waals surface area contributed by atoms with E-state index in [4.69, 9.17) is 0 Å². The molecule has 0 N–H and O–H groups in total. The monoisotopic (exact) mass is 323 g/mol. The molecular formula is C22H26FN. The summed E-state index contributed by atoms with van der Waals surface area (Å²) in [5.41, 5.74) is 3.17. The van der Waals surface area contributed by atoms with Gasteiger partial charge in [0.05, 0.1) is 5.69 Å². The smallest absolute Gasteiger partial charge is 0.123 e. The van der Waals surface area contributed by atoms with Crippen LogP contribution in [0.2, 0.25) is 0 Å². The van der Waals surface area contributed by atoms with Gasteiger partial charge in [0.25, 0.3) is 0 Å². The quantitative estimate of drug-likeness (QED) is 0.597. The van der Waals surface area contributed by atoms with E-state index in [-0.39, 0.29) is 5.82 Å². The summed E-state index contributed by atoms with van der Waals surface area (Å²) in [5, 5.41) is 0. The third kappa shape index (κ3) is 4.53. The molecule has 24 heavy (non-hydrogen) atoms. The first-order valence-corrected chi connectivity index (χ1v) is 9.08. The molecule has 1 heterocycles. The average Bonchev–Trinajstić information content (AvgIpc) is 2.63. The van der Waals surface area contributed by atoms with Crippen molar-refractivity contribution in [3.8, 4) is 11.3 Å². The average molecular weight is 323 g/mol. The summed E-state index contributed by atoms with van der Waals surface area (Å²) in [6.45, 7) is 2.12. The van der Waals surface area contributed by atoms with E-state index in [0.717, 1.165) is 29.5 Å². The molecule has 0 atom stereocenters. The molecule has 1 aliphatic carbocycles. The SMILES string of the molecule is C/C=C/C1CCC(CCc2ccc(-c3ccc(F)cc3)nc2)CC1. The van der Waals surface area contributed by atoms with Crippen molar-refractivity contribution >= 4 is 0 Å². The van der Waals surface area contributed by atoms with Crippen LogP contribution in [-0.2, 0) is 6.42 Å². The fraction of sp³-hybridized carbons (Fsp3) is 0.409. The topological polar surface area (TPSA) is 12.9 Å². The van der Waals surface area contributed by atoms with Gasteiger partial charge < -0.3 is 0 Å². The van der Waals surface area contributed by atoms with Crippen LogP contribution in [-0.4, -0.2) is 4.98 Å². The van der Waals surface area contributed by atoms with Crippen molar-refractivity contribution in [3.63, 3.8) is 0 Å². The zero-order chi connectivity index (χ0) is 16.8. The number of hydrogen-bond donors (Lipinski definition) is 0. The molecule has 1 fully saturated rings. The van der Waals surface area contributed by atoms with Gasteiger partial charge in [0.2, 0.25) is 0 Å². The third-order valence-corrected chi connectivity index (χ3v) is 5.16. The molecule has 126 valence electrons. The highest BCUT2D eigenvalue weighted by Gasteiger charge is 2.19. The minimum atomic E-state index is -0.209. The number of nitrogens with zero attached hydrogens (tertiary/aromatic N) is 1. The Labute approximate surface area is 144 Å². The Bertz CT molecular complexity index is 649. The lowest BCUT2D eigenvalue weighted by Crippen LogP contribution is -2.13. The van der Waals surface area contributed by atoms with Crippen LogP contribution in [0.4, 0.5) is 4.39 Å². The lowest BCUT2D eigenvalue weighted by Gasteiger charge is -2.26. The largest absolute Gasteiger partial charge is 0.256 e. The number of halogens is 1. The summed E-state index contributed by atoms with van der Waals surface area (Å²) in [6.07, 6.45) is 14.3. The highest BCUT2D eigenvalue weighted by atomic mass is 19.1. The van der Waals surface area contributed by atoms with Gasteiger partial charge in [0.1, 0.15) is 5.82 Å². The number of aryl methyl sites for hydroxylation is 1. The van der Waals surface area contributed by atoms with Crippen molar-refractivity contribution in [2.75, 3.05) is 0 Å². The molecule has 0 amide bonds. The number of hydrogen-bond acceptors (Lipinski definition) is 1. The van der Waals surface area contributed by atoms with Gasteiger partial charge in [-0.3, -0.25) is 4.98 Å². The van der Waals surface area contributed by atoms with E-state index in [9.17, 15) is 4.39 Å². The predicted octanol–water partition coefficient (Wildman–Crippen LogP) is 6.20. The molecule has 0 radical (unpaired) electrons. The van der Waals surface area contributed by atoms with Gasteiger partial charge in [-0.2, -0.15) is 0 Å². The molecule has 3 rings (SSSR count). The summed E-state index contributed by atoms with van der Waals surface area (Å²) in [5.74, 6) is 1.46. The van der Waals surface area contributed by atoms with Crippen LogP contribution in [0, 0.1) is 17.7 Å². The fourth-order valence-electron chi connectivity index (χ4n) is 3.68. The molecule has 0 unspecified atom stereocenters. The van der Waals surface area contributed by atoms with E-state index in [0.29, 0.717) is 0 Å². The minimum absolute atomic E-state index is 0.209. The molecule has 1 saturated carbocycles. The first-order valence-electron chi connectivity index (χ1n) is 9.08. The molecule has 0 saturated heterocycles. The number of benzene rings is 1. The van der Waals surface area contributed by atoms with Gasteiger partial charge >= 0.3 is 0 Å². The lowest BCUT2D eigenvalue weighted by molar-refractivity contribution is 0.296. The van der Waals surface area contributed by atoms with Crippen LogP contribution in [0.1, 0.15) is 44.6 Å². The highest BCUT2D eigenvalue weighted by Crippen LogP contribution is 2.32. The van der Waals surface area contributed by atoms with Crippen molar-refractivity contribution < 1.29 is 4.39 Å². The number of aromatic nitrogens is 1. The standard InChI is InChI=1S/C22H26FN/c1-2-3-17-4-6-18(7-5-17)8-9-19-10-15-22(24-16-19)20-11-13-21(23)14-12-20/h2-3,10-18H,4-9H2,1H3/b3-2+. The Morgan fingerprint density at radius 2 is 1.79 bits per heavy atom. The molecule has 1 aromatic heterocycles. The second-order valence-electron chi connectivity index (χ2n) is 6.90. The zero-order valence-corrected chi connectivity index (χ0v) is 14.4. The maximum Gasteiger partial charge on any atom is 0.123 e. The van der Waals surface area contributed by atoms with Crippen molar-refractivity contribution in [3.05, 3.63) is 66.1 Å². The van der Waals surface area contributed by atoms with Gasteiger partial charge in [-0.1, -0.05) is 18.2 Å². The summed E-state index contributed by atoms with van der Waals surface area (Å²) in [4.78, 5) is 4.55. The van der Waals surface area contributed by atoms with Crippen LogP contribution >= 0.6 is 0 Å². The normalized spacial score (nSPS) is 21.2. The van der Waals surface area contributed by atoms with Gasteiger partial charge in [-0.05, 0) is 93.2 Å². The minimum Gasteiger partial charge on any atom is -0.256 e. The summed E-state index contributed by atoms with van der Waals surface area (Å²) < 4.78 is 13.0. The van der Waals surface area contributed by atoms with Crippen LogP contribution in [0.5, 0.6) is 0 Å². The van der Waals surface area contributed by atoms with Gasteiger partial charge in [-0.25, -0.2) is 4.39 Å². The first kappa shape index (κ1) is 16.9. The maximum atomic E-state index is 13.0. The number of allylic oxidation sites excluding steroid dienone is 2. The predicted molar refractivity (Wildman–Crippen MR) is 98.2 cm³/mol. The van der Waals surface area contributed by atoms with E-state index in [2.05, 4.69) is 30.1 Å². The molecule has 1 aliphatic rings. The summed E-state index contributed by atoms with van der Waals surface area (Å²) >= 11 is 0. The Balaban J connectivity index is 1.51. The van der Waals surface area contributed by atoms with Gasteiger partial charge in [0, 0.05) is 11.8 Å². The van der Waals surface area contributed by atoms with E-state index in [1.807, 2.05) is 12.3 Å². The molecule has 1 nitrogen and oxygen atoms in total. The Morgan fingerprint density at radius 1 is 1.04 bits per heavy atom. The maximum absolute atomic E-state index is 13.0. The van der Waals surface area contributed by atoms with Crippen LogP contribution in [0.25, 0.3) is 11.3 Å². The van der Waals surface area contributed by atoms with Crippen LogP contribution in [0.3, 0.4) is 0 Å². The Morgan fingerprint density at radius 3 is 2.42 bits per heavy atom. The number of rotatable bonds is 5. The van der Waals surface area contributed by atoms with Crippen LogP contribution in [0.15, 0.2) is 54.7 Å². The molecule has 0 aliphatic heterocycles. The van der Waals surface area contributed by atoms with Crippen molar-refractivity contribution in [2.24, 2.45) is 11.8 Å². The van der Waals surface area contributed by atoms with E-state index in [1.165, 1.54) is 49.8 Å². The first-order chi connectivity index (χ1) is 11.7. The Hall–Kier alpha value is -1.96. The second kappa shape index (κ2) is 8.23. The third-order valence-electron chi connectivity index (χ3n) is 5.16. The fourth-order valence-corrected chi connectivity index (χ4v) is 3.68. The molecule has 1 aromatic carbocycles. The van der Waals surface area contributed by atoms with E-state index in [1.54, 1.807) is 12.1 Å². The van der Waals surface area contributed by atoms with E-state index >= 15 is 0 Å². The molecule has 2 heteroatoms. The van der Waals surface area contributed by atoms with Crippen molar-refractivity contribution in [1.82, 2.24) is 4.98 Å². The number of pyridine rings is 1. The van der Waals surface area contributed by atoms with Gasteiger partial charge in [0.15, 0.2) is 0 Å². The van der Waals surface area contributed by atoms with Gasteiger partial charge in [-0.15, -0.1) is 0 Å². The summed E-state index contributed by atoms with van der Waals surface area (Å²) in [6, 6.07) is 10.7. The molecule has 0 spiro atoms. The molecule has 2 aromatic rings. The second-order valence-corrected chi connectivity index (χ2v) is 6.90. The van der Waals surface area contributed by atoms with E-state index < -0.39 is 0 Å². The van der Waals surface area contributed by atoms with Crippen molar-refractivity contribution in [2.45, 2.75) is 45.4 Å². The Kier molecular flexibility index (Phi) is 5.79. The summed E-state index contributed by atoms with van der Waals surface area (Å²) in [7, 11) is 0. The van der Waals surface area contributed by atoms with Crippen LogP contribution < -0.4 is 0 Å². The van der Waals surface area contributed by atoms with Crippen molar-refractivity contribution in [1.29, 1.82) is 0 Å². The zero-order valence-electron chi connectivity index (χ0n) is 14.4.